The van der Waals surface area contributed by atoms with Crippen LogP contribution in [-0.2, 0) is 14.3 Å². The Hall–Kier alpha value is -2.23. The summed E-state index contributed by atoms with van der Waals surface area (Å²) in [6.07, 6.45) is -0.367. The van der Waals surface area contributed by atoms with Gasteiger partial charge in [0.05, 0.1) is 19.0 Å². The molecular weight excluding hydrogens is 474 g/mol. The van der Waals surface area contributed by atoms with Crippen LogP contribution in [0.15, 0.2) is 53.0 Å². The number of benzene rings is 2. The molecule has 0 aliphatic heterocycles. The second-order valence-corrected chi connectivity index (χ2v) is 7.39. The van der Waals surface area contributed by atoms with Gasteiger partial charge in [0.1, 0.15) is 18.5 Å². The maximum Gasteiger partial charge on any atom is 0.412 e. The molecule has 0 radical (unpaired) electrons. The summed E-state index contributed by atoms with van der Waals surface area (Å²) in [7, 11) is 0. The Morgan fingerprint density at radius 1 is 1.10 bits per heavy atom. The number of esters is 1. The van der Waals surface area contributed by atoms with E-state index in [0.717, 1.165) is 4.47 Å². The number of aliphatic hydroxyl groups excluding tert-OH is 1. The van der Waals surface area contributed by atoms with Crippen LogP contribution < -0.4 is 10.1 Å². The van der Waals surface area contributed by atoms with Crippen LogP contribution in [0.3, 0.4) is 0 Å². The van der Waals surface area contributed by atoms with Crippen LogP contribution >= 0.6 is 28.6 Å². The van der Waals surface area contributed by atoms with Crippen molar-refractivity contribution in [3.63, 3.8) is 0 Å². The molecule has 1 amide bonds. The number of hydrogen-bond acceptors (Lipinski definition) is 7. The molecule has 0 aromatic heterocycles. The number of thiol groups is 1. The van der Waals surface area contributed by atoms with E-state index in [-0.39, 0.29) is 25.6 Å². The first kappa shape index (κ1) is 24.0. The summed E-state index contributed by atoms with van der Waals surface area (Å²) in [5.74, 6) is 0.115. The molecule has 0 spiro atoms. The summed E-state index contributed by atoms with van der Waals surface area (Å²) < 4.78 is 17.2. The van der Waals surface area contributed by atoms with Crippen LogP contribution in [0.4, 0.5) is 10.5 Å². The first-order valence-corrected chi connectivity index (χ1v) is 10.8. The lowest BCUT2D eigenvalue weighted by atomic mass is 10.0. The van der Waals surface area contributed by atoms with Gasteiger partial charge < -0.3 is 19.3 Å². The number of carbonyl (C=O) groups excluding carboxylic acids is 2. The first-order chi connectivity index (χ1) is 14.5. The minimum atomic E-state index is -0.634. The van der Waals surface area contributed by atoms with E-state index in [1.165, 1.54) is 0 Å². The Bertz CT molecular complexity index is 817. The standard InChI is InChI=1S/C21H24BrNO6S/c22-15-7-9-16(10-8-15)23-21(26)29-19(6-3-12-28-20(25)14-30)17-4-1-2-5-18(17)27-13-11-24/h1-2,4-5,7-10,19,24,30H,3,6,11-14H2,(H,23,26)/t19-/m0/s1. The van der Waals surface area contributed by atoms with E-state index in [1.807, 2.05) is 6.07 Å². The number of ether oxygens (including phenoxy) is 3. The molecule has 0 unspecified atom stereocenters. The topological polar surface area (TPSA) is 94.1 Å². The van der Waals surface area contributed by atoms with Gasteiger partial charge in [0, 0.05) is 15.7 Å². The van der Waals surface area contributed by atoms with E-state index in [2.05, 4.69) is 33.9 Å². The molecule has 2 N–H and O–H groups in total. The van der Waals surface area contributed by atoms with E-state index in [9.17, 15) is 9.59 Å². The molecule has 2 aromatic rings. The van der Waals surface area contributed by atoms with Crippen LogP contribution in [-0.4, -0.2) is 42.7 Å². The lowest BCUT2D eigenvalue weighted by Crippen LogP contribution is -2.19. The number of para-hydroxylation sites is 1. The maximum absolute atomic E-state index is 12.5. The van der Waals surface area contributed by atoms with Crippen molar-refractivity contribution >= 4 is 46.3 Å². The summed E-state index contributed by atoms with van der Waals surface area (Å²) in [4.78, 5) is 23.7. The molecule has 2 aromatic carbocycles. The fourth-order valence-corrected chi connectivity index (χ4v) is 2.98. The minimum Gasteiger partial charge on any atom is -0.491 e. The average Bonchev–Trinajstić information content (AvgIpc) is 2.76. The molecule has 0 aliphatic carbocycles. The fraction of sp³-hybridized carbons (Fsp3) is 0.333. The van der Waals surface area contributed by atoms with Crippen molar-refractivity contribution in [1.29, 1.82) is 0 Å². The van der Waals surface area contributed by atoms with Crippen LogP contribution in [0, 0.1) is 0 Å². The third-order valence-corrected chi connectivity index (χ3v) is 4.74. The molecule has 0 bridgehead atoms. The van der Waals surface area contributed by atoms with Gasteiger partial charge in [-0.15, -0.1) is 0 Å². The molecule has 2 rings (SSSR count). The normalized spacial score (nSPS) is 11.4. The number of carbonyl (C=O) groups is 2. The highest BCUT2D eigenvalue weighted by molar-refractivity contribution is 9.10. The number of aliphatic hydroxyl groups is 1. The highest BCUT2D eigenvalue weighted by atomic mass is 79.9. The van der Waals surface area contributed by atoms with Crippen molar-refractivity contribution in [2.75, 3.05) is 30.9 Å². The van der Waals surface area contributed by atoms with Crippen molar-refractivity contribution in [2.24, 2.45) is 0 Å². The molecule has 0 saturated carbocycles. The van der Waals surface area contributed by atoms with Gasteiger partial charge in [0.2, 0.25) is 0 Å². The van der Waals surface area contributed by atoms with E-state index in [1.54, 1.807) is 42.5 Å². The number of rotatable bonds is 11. The van der Waals surface area contributed by atoms with Crippen molar-refractivity contribution in [3.05, 3.63) is 58.6 Å². The fourth-order valence-electron chi connectivity index (χ4n) is 2.62. The quantitative estimate of drug-likeness (QED) is 0.242. The van der Waals surface area contributed by atoms with Gasteiger partial charge in [-0.25, -0.2) is 4.79 Å². The molecule has 7 nitrogen and oxygen atoms in total. The Kier molecular flexibility index (Phi) is 10.5. The van der Waals surface area contributed by atoms with Crippen LogP contribution in [0.25, 0.3) is 0 Å². The van der Waals surface area contributed by atoms with Crippen molar-refractivity contribution in [3.8, 4) is 5.75 Å². The highest BCUT2D eigenvalue weighted by Gasteiger charge is 2.21. The second-order valence-electron chi connectivity index (χ2n) is 6.16. The predicted molar refractivity (Wildman–Crippen MR) is 120 cm³/mol. The van der Waals surface area contributed by atoms with E-state index < -0.39 is 18.2 Å². The summed E-state index contributed by atoms with van der Waals surface area (Å²) in [6.45, 7) is 0.172. The number of hydrogen-bond donors (Lipinski definition) is 3. The molecule has 0 heterocycles. The maximum atomic E-state index is 12.5. The van der Waals surface area contributed by atoms with Crippen LogP contribution in [0.2, 0.25) is 0 Å². The van der Waals surface area contributed by atoms with E-state index in [4.69, 9.17) is 19.3 Å². The zero-order valence-electron chi connectivity index (χ0n) is 16.3. The van der Waals surface area contributed by atoms with Gasteiger partial charge in [-0.1, -0.05) is 34.1 Å². The Balaban J connectivity index is 2.09. The van der Waals surface area contributed by atoms with Crippen molar-refractivity contribution in [2.45, 2.75) is 18.9 Å². The summed E-state index contributed by atoms with van der Waals surface area (Å²) in [6, 6.07) is 14.3. The van der Waals surface area contributed by atoms with Gasteiger partial charge in [0.25, 0.3) is 0 Å². The van der Waals surface area contributed by atoms with Gasteiger partial charge in [-0.3, -0.25) is 10.1 Å². The molecule has 0 aliphatic rings. The highest BCUT2D eigenvalue weighted by Crippen LogP contribution is 2.31. The van der Waals surface area contributed by atoms with Crippen LogP contribution in [0.5, 0.6) is 5.75 Å². The van der Waals surface area contributed by atoms with Gasteiger partial charge >= 0.3 is 12.1 Å². The SMILES string of the molecule is O=C(CS)OCCC[C@H](OC(=O)Nc1ccc(Br)cc1)c1ccccc1OCCO. The Morgan fingerprint density at radius 2 is 1.83 bits per heavy atom. The molecule has 162 valence electrons. The summed E-state index contributed by atoms with van der Waals surface area (Å²) in [5, 5.41) is 11.7. The van der Waals surface area contributed by atoms with Gasteiger partial charge in [-0.2, -0.15) is 12.6 Å². The number of nitrogens with one attached hydrogen (secondary N) is 1. The molecule has 9 heteroatoms. The molecule has 1 atom stereocenters. The Labute approximate surface area is 189 Å². The smallest absolute Gasteiger partial charge is 0.412 e. The van der Waals surface area contributed by atoms with E-state index in [0.29, 0.717) is 29.8 Å². The van der Waals surface area contributed by atoms with Crippen LogP contribution in [0.1, 0.15) is 24.5 Å². The lowest BCUT2D eigenvalue weighted by molar-refractivity contribution is -0.140. The predicted octanol–water partition coefficient (Wildman–Crippen LogP) is 4.36. The monoisotopic (exact) mass is 497 g/mol. The molecular formula is C21H24BrNO6S. The van der Waals surface area contributed by atoms with E-state index >= 15 is 0 Å². The number of amides is 1. The zero-order valence-corrected chi connectivity index (χ0v) is 18.7. The molecule has 30 heavy (non-hydrogen) atoms. The minimum absolute atomic E-state index is 0.00730. The largest absolute Gasteiger partial charge is 0.491 e. The molecule has 0 fully saturated rings. The Morgan fingerprint density at radius 3 is 2.53 bits per heavy atom. The third kappa shape index (κ3) is 8.25. The number of halogens is 1. The van der Waals surface area contributed by atoms with Gasteiger partial charge in [0.15, 0.2) is 0 Å². The third-order valence-electron chi connectivity index (χ3n) is 3.96. The summed E-state index contributed by atoms with van der Waals surface area (Å²) in [5.41, 5.74) is 1.26. The average molecular weight is 498 g/mol. The summed E-state index contributed by atoms with van der Waals surface area (Å²) >= 11 is 7.21. The first-order valence-electron chi connectivity index (χ1n) is 9.35. The molecule has 0 saturated heterocycles. The van der Waals surface area contributed by atoms with Crippen molar-refractivity contribution < 1.29 is 28.9 Å². The van der Waals surface area contributed by atoms with Crippen molar-refractivity contribution in [1.82, 2.24) is 0 Å². The number of anilines is 1. The zero-order chi connectivity index (χ0) is 21.8. The van der Waals surface area contributed by atoms with Gasteiger partial charge in [-0.05, 0) is 43.2 Å². The second kappa shape index (κ2) is 13.1. The lowest BCUT2D eigenvalue weighted by Gasteiger charge is -2.21.